The van der Waals surface area contributed by atoms with Crippen LogP contribution in [-0.2, 0) is 14.2 Å². The molecule has 0 radical (unpaired) electrons. The molecule has 2 aliphatic rings. The molecule has 1 fully saturated rings. The number of esters is 1. The standard InChI is InChI=1S/C18H23NO4/c1-11-9-14(15-17(2,3)10-18(11,21-4)23-15)22-16(20)12-5-7-13(19)8-6-12/h5-9,14-15H,10,19H2,1-4H3. The van der Waals surface area contributed by atoms with Crippen LogP contribution >= 0.6 is 0 Å². The average molecular weight is 317 g/mol. The van der Waals surface area contributed by atoms with Crippen molar-refractivity contribution < 1.29 is 19.0 Å². The van der Waals surface area contributed by atoms with Crippen LogP contribution in [0.3, 0.4) is 0 Å². The fourth-order valence-electron chi connectivity index (χ4n) is 3.50. The zero-order chi connectivity index (χ0) is 16.8. The van der Waals surface area contributed by atoms with E-state index in [0.717, 1.165) is 12.0 Å². The monoisotopic (exact) mass is 317 g/mol. The number of carbonyl (C=O) groups is 1. The Morgan fingerprint density at radius 1 is 1.30 bits per heavy atom. The van der Waals surface area contributed by atoms with Crippen molar-refractivity contribution in [2.45, 2.75) is 45.2 Å². The van der Waals surface area contributed by atoms with Crippen molar-refractivity contribution in [3.63, 3.8) is 0 Å². The summed E-state index contributed by atoms with van der Waals surface area (Å²) < 4.78 is 17.5. The summed E-state index contributed by atoms with van der Waals surface area (Å²) in [6, 6.07) is 6.70. The van der Waals surface area contributed by atoms with Gasteiger partial charge in [0.25, 0.3) is 0 Å². The number of ether oxygens (including phenoxy) is 3. The highest BCUT2D eigenvalue weighted by atomic mass is 16.7. The van der Waals surface area contributed by atoms with E-state index in [2.05, 4.69) is 13.8 Å². The number of anilines is 1. The van der Waals surface area contributed by atoms with Gasteiger partial charge in [0.05, 0.1) is 5.56 Å². The number of hydrogen-bond donors (Lipinski definition) is 1. The number of hydrogen-bond acceptors (Lipinski definition) is 5. The van der Waals surface area contributed by atoms with Gasteiger partial charge in [0.2, 0.25) is 0 Å². The molecule has 2 bridgehead atoms. The quantitative estimate of drug-likeness (QED) is 0.527. The van der Waals surface area contributed by atoms with Crippen LogP contribution in [0.25, 0.3) is 0 Å². The number of fused-ring (bicyclic) bond motifs is 2. The first-order valence-electron chi connectivity index (χ1n) is 7.76. The third kappa shape index (κ3) is 2.64. The van der Waals surface area contributed by atoms with Gasteiger partial charge in [-0.15, -0.1) is 0 Å². The first kappa shape index (κ1) is 16.0. The molecule has 0 amide bonds. The van der Waals surface area contributed by atoms with Crippen LogP contribution < -0.4 is 5.73 Å². The van der Waals surface area contributed by atoms with Gasteiger partial charge in [-0.25, -0.2) is 4.79 Å². The summed E-state index contributed by atoms with van der Waals surface area (Å²) in [4.78, 5) is 12.4. The minimum absolute atomic E-state index is 0.156. The predicted molar refractivity (Wildman–Crippen MR) is 86.8 cm³/mol. The zero-order valence-electron chi connectivity index (χ0n) is 14.0. The molecule has 0 saturated carbocycles. The lowest BCUT2D eigenvalue weighted by molar-refractivity contribution is -0.207. The lowest BCUT2D eigenvalue weighted by Crippen LogP contribution is -2.43. The molecule has 0 spiro atoms. The number of nitrogen functional groups attached to an aromatic ring is 1. The normalized spacial score (nSPS) is 31.6. The molecule has 2 heterocycles. The zero-order valence-corrected chi connectivity index (χ0v) is 14.0. The fraction of sp³-hybridized carbons (Fsp3) is 0.500. The average Bonchev–Trinajstić information content (AvgIpc) is 2.75. The van der Waals surface area contributed by atoms with Crippen molar-refractivity contribution in [2.75, 3.05) is 12.8 Å². The Bertz CT molecular complexity index is 649. The number of benzene rings is 1. The van der Waals surface area contributed by atoms with E-state index in [1.54, 1.807) is 31.4 Å². The highest BCUT2D eigenvalue weighted by Crippen LogP contribution is 2.52. The van der Waals surface area contributed by atoms with Gasteiger partial charge < -0.3 is 19.9 Å². The van der Waals surface area contributed by atoms with Crippen molar-refractivity contribution in [1.29, 1.82) is 0 Å². The summed E-state index contributed by atoms with van der Waals surface area (Å²) in [5, 5.41) is 0. The van der Waals surface area contributed by atoms with Gasteiger partial charge >= 0.3 is 5.97 Å². The first-order valence-corrected chi connectivity index (χ1v) is 7.76. The van der Waals surface area contributed by atoms with E-state index >= 15 is 0 Å². The van der Waals surface area contributed by atoms with Crippen LogP contribution in [0.1, 0.15) is 37.6 Å². The molecule has 3 rings (SSSR count). The summed E-state index contributed by atoms with van der Waals surface area (Å²) in [6.07, 6.45) is 2.02. The molecule has 0 aromatic heterocycles. The van der Waals surface area contributed by atoms with Gasteiger partial charge in [-0.05, 0) is 42.8 Å². The molecule has 1 aromatic carbocycles. The lowest BCUT2D eigenvalue weighted by atomic mass is 9.82. The van der Waals surface area contributed by atoms with E-state index in [9.17, 15) is 4.79 Å². The molecule has 2 N–H and O–H groups in total. The molecular weight excluding hydrogens is 294 g/mol. The van der Waals surface area contributed by atoms with Crippen molar-refractivity contribution in [1.82, 2.24) is 0 Å². The predicted octanol–water partition coefficient (Wildman–Crippen LogP) is 2.91. The SMILES string of the molecule is COC12CC(C)(C)C(O1)C(OC(=O)c1ccc(N)cc1)C=C2C. The van der Waals surface area contributed by atoms with Gasteiger partial charge in [0.15, 0.2) is 5.79 Å². The van der Waals surface area contributed by atoms with Crippen LogP contribution in [0.2, 0.25) is 0 Å². The minimum Gasteiger partial charge on any atom is -0.452 e. The van der Waals surface area contributed by atoms with Gasteiger partial charge in [-0.1, -0.05) is 13.8 Å². The summed E-state index contributed by atoms with van der Waals surface area (Å²) in [6.45, 7) is 6.16. The summed E-state index contributed by atoms with van der Waals surface area (Å²) in [5.41, 5.74) is 7.52. The van der Waals surface area contributed by atoms with E-state index in [4.69, 9.17) is 19.9 Å². The Hall–Kier alpha value is -1.85. The Labute approximate surface area is 136 Å². The number of methoxy groups -OCH3 is 1. The van der Waals surface area contributed by atoms with Crippen LogP contribution in [0.15, 0.2) is 35.9 Å². The van der Waals surface area contributed by atoms with Crippen LogP contribution in [0, 0.1) is 5.41 Å². The Morgan fingerprint density at radius 2 is 1.96 bits per heavy atom. The molecule has 23 heavy (non-hydrogen) atoms. The van der Waals surface area contributed by atoms with Crippen molar-refractivity contribution >= 4 is 11.7 Å². The maximum absolute atomic E-state index is 12.4. The molecule has 1 saturated heterocycles. The molecule has 2 aliphatic heterocycles. The molecule has 1 aromatic rings. The van der Waals surface area contributed by atoms with Crippen LogP contribution in [0.5, 0.6) is 0 Å². The first-order chi connectivity index (χ1) is 10.8. The van der Waals surface area contributed by atoms with Crippen molar-refractivity contribution in [3.8, 4) is 0 Å². The molecule has 5 heteroatoms. The Balaban J connectivity index is 1.84. The number of nitrogens with two attached hydrogens (primary N) is 1. The largest absolute Gasteiger partial charge is 0.452 e. The summed E-state index contributed by atoms with van der Waals surface area (Å²) in [7, 11) is 1.65. The van der Waals surface area contributed by atoms with E-state index < -0.39 is 11.9 Å². The second-order valence-electron chi connectivity index (χ2n) is 7.00. The summed E-state index contributed by atoms with van der Waals surface area (Å²) >= 11 is 0. The highest BCUT2D eigenvalue weighted by Gasteiger charge is 2.58. The van der Waals surface area contributed by atoms with E-state index in [1.807, 2.05) is 13.0 Å². The van der Waals surface area contributed by atoms with Gasteiger partial charge in [-0.2, -0.15) is 0 Å². The molecule has 3 unspecified atom stereocenters. The molecular formula is C18H23NO4. The number of rotatable bonds is 3. The molecule has 124 valence electrons. The fourth-order valence-corrected chi connectivity index (χ4v) is 3.50. The van der Waals surface area contributed by atoms with Crippen LogP contribution in [0.4, 0.5) is 5.69 Å². The highest BCUT2D eigenvalue weighted by molar-refractivity contribution is 5.90. The van der Waals surface area contributed by atoms with Crippen molar-refractivity contribution in [2.24, 2.45) is 5.41 Å². The van der Waals surface area contributed by atoms with E-state index in [1.165, 1.54) is 0 Å². The second kappa shape index (κ2) is 5.35. The Kier molecular flexibility index (Phi) is 3.73. The lowest BCUT2D eigenvalue weighted by Gasteiger charge is -2.36. The molecule has 0 aliphatic carbocycles. The van der Waals surface area contributed by atoms with Crippen molar-refractivity contribution in [3.05, 3.63) is 41.5 Å². The van der Waals surface area contributed by atoms with E-state index in [0.29, 0.717) is 11.3 Å². The Morgan fingerprint density at radius 3 is 2.57 bits per heavy atom. The van der Waals surface area contributed by atoms with Gasteiger partial charge in [-0.3, -0.25) is 0 Å². The van der Waals surface area contributed by atoms with E-state index in [-0.39, 0.29) is 17.5 Å². The maximum atomic E-state index is 12.4. The smallest absolute Gasteiger partial charge is 0.338 e. The molecule has 5 nitrogen and oxygen atoms in total. The van der Waals surface area contributed by atoms with Crippen LogP contribution in [-0.4, -0.2) is 31.1 Å². The summed E-state index contributed by atoms with van der Waals surface area (Å²) in [5.74, 6) is -1.08. The second-order valence-corrected chi connectivity index (χ2v) is 7.00. The van der Waals surface area contributed by atoms with Gasteiger partial charge in [0, 0.05) is 24.6 Å². The van der Waals surface area contributed by atoms with Gasteiger partial charge in [0.1, 0.15) is 12.2 Å². The third-order valence-corrected chi connectivity index (χ3v) is 4.81. The number of carbonyl (C=O) groups excluding carboxylic acids is 1. The third-order valence-electron chi connectivity index (χ3n) is 4.81. The minimum atomic E-state index is -0.696. The molecule has 3 atom stereocenters. The maximum Gasteiger partial charge on any atom is 0.338 e. The topological polar surface area (TPSA) is 70.8 Å².